The van der Waals surface area contributed by atoms with Crippen LogP contribution in [0.1, 0.15) is 59.6 Å². The topological polar surface area (TPSA) is 61.2 Å². The highest BCUT2D eigenvalue weighted by atomic mass is 32.2. The fourth-order valence-corrected chi connectivity index (χ4v) is 5.92. The van der Waals surface area contributed by atoms with Crippen LogP contribution in [0.3, 0.4) is 0 Å². The number of hydrogen-bond acceptors (Lipinski definition) is 6. The second-order valence-electron chi connectivity index (χ2n) is 9.46. The van der Waals surface area contributed by atoms with Gasteiger partial charge in [0.25, 0.3) is 5.56 Å². The Bertz CT molecular complexity index is 1400. The van der Waals surface area contributed by atoms with Gasteiger partial charge in [-0.3, -0.25) is 9.36 Å². The van der Waals surface area contributed by atoms with E-state index < -0.39 is 5.97 Å². The van der Waals surface area contributed by atoms with E-state index >= 15 is 0 Å². The van der Waals surface area contributed by atoms with Gasteiger partial charge in [-0.05, 0) is 41.5 Å². The van der Waals surface area contributed by atoms with Crippen molar-refractivity contribution >= 4 is 39.3 Å². The molecule has 5 nitrogen and oxygen atoms in total. The first-order valence-corrected chi connectivity index (χ1v) is 13.5. The highest BCUT2D eigenvalue weighted by Crippen LogP contribution is 2.31. The van der Waals surface area contributed by atoms with E-state index in [1.807, 2.05) is 30.3 Å². The van der Waals surface area contributed by atoms with Crippen LogP contribution >= 0.6 is 23.1 Å². The van der Waals surface area contributed by atoms with Crippen LogP contribution < -0.4 is 5.56 Å². The van der Waals surface area contributed by atoms with Crippen molar-refractivity contribution in [2.45, 2.75) is 57.5 Å². The molecule has 2 aromatic heterocycles. The third-order valence-electron chi connectivity index (χ3n) is 5.85. The molecule has 2 heterocycles. The maximum absolute atomic E-state index is 13.7. The molecule has 0 aliphatic rings. The summed E-state index contributed by atoms with van der Waals surface area (Å²) < 4.78 is 6.93. The quantitative estimate of drug-likeness (QED) is 0.161. The standard InChI is InChI=1S/C28H30N2O3S2/c1-6-33-26(32)23-18(2)22-24(35-23)29-27(30(25(22)31)16-19-10-8-7-9-11-19)34-17-20-12-14-21(15-13-20)28(3,4)5/h7-15H,6,16-17H2,1-5H3. The molecule has 0 radical (unpaired) electrons. The van der Waals surface area contributed by atoms with Gasteiger partial charge >= 0.3 is 5.97 Å². The van der Waals surface area contributed by atoms with Crippen LogP contribution in [-0.4, -0.2) is 22.1 Å². The Kier molecular flexibility index (Phi) is 7.47. The van der Waals surface area contributed by atoms with Crippen molar-refractivity contribution in [2.75, 3.05) is 6.61 Å². The molecule has 35 heavy (non-hydrogen) atoms. The van der Waals surface area contributed by atoms with Gasteiger partial charge in [0.2, 0.25) is 0 Å². The molecule has 182 valence electrons. The van der Waals surface area contributed by atoms with E-state index in [0.717, 1.165) is 11.1 Å². The average molecular weight is 507 g/mol. The first-order chi connectivity index (χ1) is 16.7. The molecule has 0 atom stereocenters. The van der Waals surface area contributed by atoms with E-state index in [0.29, 0.717) is 38.1 Å². The summed E-state index contributed by atoms with van der Waals surface area (Å²) in [6.07, 6.45) is 0. The van der Waals surface area contributed by atoms with Gasteiger partial charge in [-0.1, -0.05) is 87.1 Å². The highest BCUT2D eigenvalue weighted by Gasteiger charge is 2.23. The van der Waals surface area contributed by atoms with Gasteiger partial charge in [0.05, 0.1) is 18.5 Å². The number of benzene rings is 2. The van der Waals surface area contributed by atoms with Crippen molar-refractivity contribution in [3.05, 3.63) is 92.1 Å². The molecule has 0 N–H and O–H groups in total. The summed E-state index contributed by atoms with van der Waals surface area (Å²) in [7, 11) is 0. The summed E-state index contributed by atoms with van der Waals surface area (Å²) in [6, 6.07) is 18.5. The molecule has 0 aliphatic carbocycles. The number of esters is 1. The van der Waals surface area contributed by atoms with Gasteiger partial charge < -0.3 is 4.74 Å². The molecule has 2 aromatic carbocycles. The second-order valence-corrected chi connectivity index (χ2v) is 11.4. The summed E-state index contributed by atoms with van der Waals surface area (Å²) >= 11 is 2.77. The van der Waals surface area contributed by atoms with Gasteiger partial charge in [0.1, 0.15) is 9.71 Å². The summed E-state index contributed by atoms with van der Waals surface area (Å²) in [5.74, 6) is 0.279. The summed E-state index contributed by atoms with van der Waals surface area (Å²) in [4.78, 5) is 32.0. The van der Waals surface area contributed by atoms with Crippen LogP contribution in [0, 0.1) is 6.92 Å². The van der Waals surface area contributed by atoms with Crippen molar-refractivity contribution in [1.82, 2.24) is 9.55 Å². The molecule has 4 rings (SSSR count). The molecule has 0 amide bonds. The molecule has 0 bridgehead atoms. The van der Waals surface area contributed by atoms with Crippen LogP contribution in [-0.2, 0) is 22.4 Å². The van der Waals surface area contributed by atoms with Crippen LogP contribution in [0.15, 0.2) is 64.5 Å². The zero-order valence-electron chi connectivity index (χ0n) is 20.8. The first kappa shape index (κ1) is 25.2. The Morgan fingerprint density at radius 1 is 1.06 bits per heavy atom. The maximum Gasteiger partial charge on any atom is 0.348 e. The largest absolute Gasteiger partial charge is 0.462 e. The average Bonchev–Trinajstić information content (AvgIpc) is 3.16. The molecule has 0 fully saturated rings. The molecule has 0 aliphatic heterocycles. The van der Waals surface area contributed by atoms with Gasteiger partial charge in [0, 0.05) is 5.75 Å². The lowest BCUT2D eigenvalue weighted by molar-refractivity contribution is 0.0531. The van der Waals surface area contributed by atoms with Crippen molar-refractivity contribution in [3.63, 3.8) is 0 Å². The number of aromatic nitrogens is 2. The summed E-state index contributed by atoms with van der Waals surface area (Å²) in [5, 5.41) is 1.13. The van der Waals surface area contributed by atoms with E-state index in [-0.39, 0.29) is 17.6 Å². The molecule has 0 saturated heterocycles. The Balaban J connectivity index is 1.74. The van der Waals surface area contributed by atoms with Gasteiger partial charge in [-0.2, -0.15) is 0 Å². The first-order valence-electron chi connectivity index (χ1n) is 11.7. The molecule has 0 unspecified atom stereocenters. The van der Waals surface area contributed by atoms with E-state index in [4.69, 9.17) is 9.72 Å². The zero-order valence-corrected chi connectivity index (χ0v) is 22.4. The normalized spacial score (nSPS) is 11.7. The lowest BCUT2D eigenvalue weighted by atomic mass is 9.87. The number of rotatable bonds is 7. The Morgan fingerprint density at radius 3 is 2.37 bits per heavy atom. The number of nitrogens with zero attached hydrogens (tertiary/aromatic N) is 2. The highest BCUT2D eigenvalue weighted by molar-refractivity contribution is 7.98. The van der Waals surface area contributed by atoms with Gasteiger partial charge in [-0.15, -0.1) is 11.3 Å². The van der Waals surface area contributed by atoms with Crippen molar-refractivity contribution in [2.24, 2.45) is 0 Å². The fourth-order valence-electron chi connectivity index (χ4n) is 3.85. The minimum absolute atomic E-state index is 0.0993. The number of aryl methyl sites for hydroxylation is 1. The minimum atomic E-state index is -0.407. The Hall–Kier alpha value is -2.90. The third kappa shape index (κ3) is 5.52. The third-order valence-corrected chi connectivity index (χ3v) is 8.06. The predicted molar refractivity (Wildman–Crippen MR) is 145 cm³/mol. The van der Waals surface area contributed by atoms with Crippen LogP contribution in [0.5, 0.6) is 0 Å². The maximum atomic E-state index is 13.7. The van der Waals surface area contributed by atoms with Gasteiger partial charge in [-0.25, -0.2) is 9.78 Å². The number of thioether (sulfide) groups is 1. The fraction of sp³-hybridized carbons (Fsp3) is 0.321. The Morgan fingerprint density at radius 2 is 1.74 bits per heavy atom. The van der Waals surface area contributed by atoms with Crippen LogP contribution in [0.2, 0.25) is 0 Å². The second kappa shape index (κ2) is 10.4. The lowest BCUT2D eigenvalue weighted by Gasteiger charge is -2.19. The van der Waals surface area contributed by atoms with E-state index in [9.17, 15) is 9.59 Å². The number of carbonyl (C=O) groups is 1. The van der Waals surface area contributed by atoms with E-state index in [2.05, 4.69) is 45.0 Å². The van der Waals surface area contributed by atoms with Crippen molar-refractivity contribution < 1.29 is 9.53 Å². The summed E-state index contributed by atoms with van der Waals surface area (Å²) in [6.45, 7) is 10.9. The Labute approximate surface area is 214 Å². The van der Waals surface area contributed by atoms with Crippen LogP contribution in [0.25, 0.3) is 10.2 Å². The number of thiophene rings is 1. The zero-order chi connectivity index (χ0) is 25.2. The lowest BCUT2D eigenvalue weighted by Crippen LogP contribution is -2.24. The predicted octanol–water partition coefficient (Wildman–Crippen LogP) is 6.58. The molecule has 4 aromatic rings. The van der Waals surface area contributed by atoms with Crippen molar-refractivity contribution in [1.29, 1.82) is 0 Å². The molecule has 0 spiro atoms. The molecule has 7 heteroatoms. The smallest absolute Gasteiger partial charge is 0.348 e. The van der Waals surface area contributed by atoms with Crippen LogP contribution in [0.4, 0.5) is 0 Å². The van der Waals surface area contributed by atoms with E-state index in [1.54, 1.807) is 18.4 Å². The number of ether oxygens (including phenoxy) is 1. The number of carbonyl (C=O) groups excluding carboxylic acids is 1. The van der Waals surface area contributed by atoms with E-state index in [1.165, 1.54) is 28.7 Å². The number of hydrogen-bond donors (Lipinski definition) is 0. The van der Waals surface area contributed by atoms with Crippen molar-refractivity contribution in [3.8, 4) is 0 Å². The molecular weight excluding hydrogens is 476 g/mol. The monoisotopic (exact) mass is 506 g/mol. The molecular formula is C28H30N2O3S2. The number of fused-ring (bicyclic) bond motifs is 1. The van der Waals surface area contributed by atoms with Gasteiger partial charge in [0.15, 0.2) is 5.16 Å². The minimum Gasteiger partial charge on any atom is -0.462 e. The summed E-state index contributed by atoms with van der Waals surface area (Å²) in [5.41, 5.74) is 4.07. The SMILES string of the molecule is CCOC(=O)c1sc2nc(SCc3ccc(C(C)(C)C)cc3)n(Cc3ccccc3)c(=O)c2c1C. The molecule has 0 saturated carbocycles.